The number of rotatable bonds is 2. The van der Waals surface area contributed by atoms with Gasteiger partial charge < -0.3 is 10.2 Å². The first-order valence-electron chi connectivity index (χ1n) is 5.06. The standard InChI is InChI=1S/C9H18N2O2/c12-7-9(3-1-4-10-9)11-5-2-8(13)6-11/h8,10,12-13H,1-7H2. The Kier molecular flexibility index (Phi) is 2.55. The van der Waals surface area contributed by atoms with Gasteiger partial charge in [0.1, 0.15) is 0 Å². The van der Waals surface area contributed by atoms with Gasteiger partial charge in [-0.2, -0.15) is 0 Å². The Labute approximate surface area is 78.5 Å². The molecule has 4 heteroatoms. The van der Waals surface area contributed by atoms with E-state index < -0.39 is 0 Å². The van der Waals surface area contributed by atoms with Crippen molar-refractivity contribution in [2.45, 2.75) is 31.0 Å². The number of nitrogens with zero attached hydrogens (tertiary/aromatic N) is 1. The van der Waals surface area contributed by atoms with Gasteiger partial charge in [0.15, 0.2) is 0 Å². The van der Waals surface area contributed by atoms with E-state index in [1.807, 2.05) is 0 Å². The van der Waals surface area contributed by atoms with Gasteiger partial charge in [-0.1, -0.05) is 0 Å². The van der Waals surface area contributed by atoms with Crippen LogP contribution in [-0.2, 0) is 0 Å². The van der Waals surface area contributed by atoms with Gasteiger partial charge in [-0.25, -0.2) is 0 Å². The molecule has 2 aliphatic heterocycles. The van der Waals surface area contributed by atoms with Crippen molar-refractivity contribution in [2.24, 2.45) is 0 Å². The summed E-state index contributed by atoms with van der Waals surface area (Å²) in [4.78, 5) is 2.19. The summed E-state index contributed by atoms with van der Waals surface area (Å²) in [6, 6.07) is 0. The van der Waals surface area contributed by atoms with E-state index in [2.05, 4.69) is 10.2 Å². The van der Waals surface area contributed by atoms with Gasteiger partial charge in [0, 0.05) is 13.1 Å². The van der Waals surface area contributed by atoms with Gasteiger partial charge >= 0.3 is 0 Å². The molecule has 2 rings (SSSR count). The summed E-state index contributed by atoms with van der Waals surface area (Å²) in [5, 5.41) is 22.1. The Morgan fingerprint density at radius 2 is 2.38 bits per heavy atom. The van der Waals surface area contributed by atoms with Crippen LogP contribution in [-0.4, -0.2) is 53.1 Å². The highest BCUT2D eigenvalue weighted by Crippen LogP contribution is 2.27. The van der Waals surface area contributed by atoms with Crippen LogP contribution in [0.5, 0.6) is 0 Å². The Hall–Kier alpha value is -0.160. The third kappa shape index (κ3) is 1.59. The highest BCUT2D eigenvalue weighted by atomic mass is 16.3. The van der Waals surface area contributed by atoms with Crippen molar-refractivity contribution in [3.63, 3.8) is 0 Å². The molecule has 2 aliphatic rings. The summed E-state index contributed by atoms with van der Waals surface area (Å²) in [7, 11) is 0. The number of β-amino-alcohol motifs (C(OH)–C–C–N with tert-alkyl or cyclic N) is 1. The van der Waals surface area contributed by atoms with Gasteiger partial charge in [-0.05, 0) is 25.8 Å². The number of aliphatic hydroxyl groups excluding tert-OH is 2. The zero-order valence-electron chi connectivity index (χ0n) is 7.87. The Morgan fingerprint density at radius 3 is 2.85 bits per heavy atom. The molecule has 0 aliphatic carbocycles. The van der Waals surface area contributed by atoms with Gasteiger partial charge in [0.25, 0.3) is 0 Å². The van der Waals surface area contributed by atoms with Crippen molar-refractivity contribution >= 4 is 0 Å². The van der Waals surface area contributed by atoms with E-state index in [1.54, 1.807) is 0 Å². The molecule has 0 radical (unpaired) electrons. The summed E-state index contributed by atoms with van der Waals surface area (Å²) < 4.78 is 0. The number of aliphatic hydroxyl groups is 2. The number of nitrogens with one attached hydrogen (secondary N) is 1. The van der Waals surface area contributed by atoms with E-state index in [1.165, 1.54) is 0 Å². The molecular formula is C9H18N2O2. The van der Waals surface area contributed by atoms with Gasteiger partial charge in [-0.15, -0.1) is 0 Å². The van der Waals surface area contributed by atoms with Crippen LogP contribution < -0.4 is 5.32 Å². The number of hydrogen-bond acceptors (Lipinski definition) is 4. The first-order chi connectivity index (χ1) is 6.27. The van der Waals surface area contributed by atoms with Crippen molar-refractivity contribution in [3.05, 3.63) is 0 Å². The Bertz CT molecular complexity index is 180. The van der Waals surface area contributed by atoms with E-state index in [0.717, 1.165) is 32.4 Å². The molecule has 2 heterocycles. The first kappa shape index (κ1) is 9.40. The van der Waals surface area contributed by atoms with Crippen LogP contribution in [0.2, 0.25) is 0 Å². The fourth-order valence-electron chi connectivity index (χ4n) is 2.43. The molecule has 2 saturated heterocycles. The Morgan fingerprint density at radius 1 is 1.54 bits per heavy atom. The predicted octanol–water partition coefficient (Wildman–Crippen LogP) is -0.875. The van der Waals surface area contributed by atoms with E-state index in [0.29, 0.717) is 6.54 Å². The normalized spacial score (nSPS) is 41.5. The first-order valence-corrected chi connectivity index (χ1v) is 5.06. The lowest BCUT2D eigenvalue weighted by atomic mass is 10.1. The average molecular weight is 186 g/mol. The molecule has 4 nitrogen and oxygen atoms in total. The zero-order valence-corrected chi connectivity index (χ0v) is 7.87. The molecule has 3 N–H and O–H groups in total. The van der Waals surface area contributed by atoms with Gasteiger partial charge in [0.2, 0.25) is 0 Å². The monoisotopic (exact) mass is 186 g/mol. The van der Waals surface area contributed by atoms with Crippen LogP contribution in [0.4, 0.5) is 0 Å². The molecule has 0 spiro atoms. The minimum Gasteiger partial charge on any atom is -0.393 e. The minimum atomic E-state index is -0.225. The molecule has 2 fully saturated rings. The highest BCUT2D eigenvalue weighted by Gasteiger charge is 2.41. The Balaban J connectivity index is 2.03. The molecule has 0 aromatic rings. The summed E-state index contributed by atoms with van der Waals surface area (Å²) in [6.45, 7) is 2.73. The second-order valence-electron chi connectivity index (χ2n) is 4.11. The van der Waals surface area contributed by atoms with Crippen molar-refractivity contribution in [1.82, 2.24) is 10.2 Å². The van der Waals surface area contributed by atoms with Gasteiger partial charge in [-0.3, -0.25) is 10.2 Å². The quantitative estimate of drug-likeness (QED) is 0.524. The van der Waals surface area contributed by atoms with Crippen molar-refractivity contribution < 1.29 is 10.2 Å². The summed E-state index contributed by atoms with van der Waals surface area (Å²) in [5.41, 5.74) is -0.225. The van der Waals surface area contributed by atoms with Gasteiger partial charge in [0.05, 0.1) is 18.4 Å². The summed E-state index contributed by atoms with van der Waals surface area (Å²) in [5.74, 6) is 0. The maximum Gasteiger partial charge on any atom is 0.0951 e. The zero-order chi connectivity index (χ0) is 9.31. The molecule has 2 atom stereocenters. The van der Waals surface area contributed by atoms with Crippen molar-refractivity contribution in [3.8, 4) is 0 Å². The van der Waals surface area contributed by atoms with E-state index in [-0.39, 0.29) is 18.4 Å². The number of likely N-dealkylation sites (tertiary alicyclic amines) is 1. The van der Waals surface area contributed by atoms with Crippen molar-refractivity contribution in [1.29, 1.82) is 0 Å². The largest absolute Gasteiger partial charge is 0.393 e. The maximum atomic E-state index is 9.42. The molecule has 2 unspecified atom stereocenters. The van der Waals surface area contributed by atoms with E-state index in [4.69, 9.17) is 0 Å². The molecule has 0 aromatic carbocycles. The van der Waals surface area contributed by atoms with Crippen LogP contribution in [0.3, 0.4) is 0 Å². The molecule has 0 amide bonds. The van der Waals surface area contributed by atoms with Crippen LogP contribution in [0.1, 0.15) is 19.3 Å². The van der Waals surface area contributed by atoms with Crippen LogP contribution in [0, 0.1) is 0 Å². The van der Waals surface area contributed by atoms with Crippen LogP contribution in [0.15, 0.2) is 0 Å². The molecular weight excluding hydrogens is 168 g/mol. The molecule has 13 heavy (non-hydrogen) atoms. The van der Waals surface area contributed by atoms with Crippen LogP contribution >= 0.6 is 0 Å². The van der Waals surface area contributed by atoms with Crippen LogP contribution in [0.25, 0.3) is 0 Å². The summed E-state index contributed by atoms with van der Waals surface area (Å²) >= 11 is 0. The van der Waals surface area contributed by atoms with Crippen molar-refractivity contribution in [2.75, 3.05) is 26.2 Å². The second kappa shape index (κ2) is 3.53. The molecule has 0 saturated carbocycles. The highest BCUT2D eigenvalue weighted by molar-refractivity contribution is 4.95. The number of hydrogen-bond donors (Lipinski definition) is 3. The summed E-state index contributed by atoms with van der Waals surface area (Å²) in [6.07, 6.45) is 2.75. The predicted molar refractivity (Wildman–Crippen MR) is 49.3 cm³/mol. The lowest BCUT2D eigenvalue weighted by Crippen LogP contribution is -2.57. The smallest absolute Gasteiger partial charge is 0.0951 e. The topological polar surface area (TPSA) is 55.7 Å². The van der Waals surface area contributed by atoms with E-state index in [9.17, 15) is 10.2 Å². The third-order valence-electron chi connectivity index (χ3n) is 3.25. The fourth-order valence-corrected chi connectivity index (χ4v) is 2.43. The van der Waals surface area contributed by atoms with E-state index >= 15 is 0 Å². The maximum absolute atomic E-state index is 9.42. The lowest BCUT2D eigenvalue weighted by molar-refractivity contribution is 0.0248. The lowest BCUT2D eigenvalue weighted by Gasteiger charge is -2.37. The molecule has 0 bridgehead atoms. The molecule has 76 valence electrons. The third-order valence-corrected chi connectivity index (χ3v) is 3.25. The average Bonchev–Trinajstić information content (AvgIpc) is 2.73. The molecule has 0 aromatic heterocycles. The minimum absolute atomic E-state index is 0.152. The SMILES string of the molecule is OCC1(N2CCC(O)C2)CCCN1. The second-order valence-corrected chi connectivity index (χ2v) is 4.11. The fraction of sp³-hybridized carbons (Fsp3) is 1.00.